The lowest BCUT2D eigenvalue weighted by Gasteiger charge is -2.05. The summed E-state index contributed by atoms with van der Waals surface area (Å²) in [5.74, 6) is 0.619. The fraction of sp³-hybridized carbons (Fsp3) is 0.200. The molecule has 0 N–H and O–H groups in total. The third-order valence-corrected chi connectivity index (χ3v) is 3.21. The Balaban J connectivity index is 2.23. The summed E-state index contributed by atoms with van der Waals surface area (Å²) in [6.45, 7) is 4.53. The van der Waals surface area contributed by atoms with Crippen LogP contribution in [0.4, 0.5) is 0 Å². The Bertz CT molecular complexity index is 750. The van der Waals surface area contributed by atoms with Crippen molar-refractivity contribution in [1.82, 2.24) is 14.6 Å². The van der Waals surface area contributed by atoms with Gasteiger partial charge in [-0.25, -0.2) is 4.98 Å². The molecule has 0 radical (unpaired) electrons. The number of ether oxygens (including phenoxy) is 1. The average molecular weight is 288 g/mol. The lowest BCUT2D eigenvalue weighted by molar-refractivity contribution is 0.320. The summed E-state index contributed by atoms with van der Waals surface area (Å²) in [6, 6.07) is 11.7. The SMILES string of the molecule is CCOc1c(-c2ccc(C)cc2)nc2ccc(Cl)nn12. The van der Waals surface area contributed by atoms with Gasteiger partial charge in [-0.05, 0) is 26.0 Å². The topological polar surface area (TPSA) is 39.4 Å². The highest BCUT2D eigenvalue weighted by Gasteiger charge is 2.16. The predicted molar refractivity (Wildman–Crippen MR) is 79.3 cm³/mol. The molecule has 0 saturated heterocycles. The summed E-state index contributed by atoms with van der Waals surface area (Å²) in [6.07, 6.45) is 0. The van der Waals surface area contributed by atoms with Crippen LogP contribution in [0.1, 0.15) is 12.5 Å². The van der Waals surface area contributed by atoms with Gasteiger partial charge in [0.2, 0.25) is 5.88 Å². The van der Waals surface area contributed by atoms with Crippen LogP contribution in [0.3, 0.4) is 0 Å². The summed E-state index contributed by atoms with van der Waals surface area (Å²) < 4.78 is 7.35. The molecule has 3 rings (SSSR count). The van der Waals surface area contributed by atoms with Gasteiger partial charge in [0, 0.05) is 5.56 Å². The molecule has 0 bridgehead atoms. The minimum Gasteiger partial charge on any atom is -0.476 e. The van der Waals surface area contributed by atoms with Crippen LogP contribution < -0.4 is 4.74 Å². The molecule has 3 aromatic rings. The van der Waals surface area contributed by atoms with Crippen molar-refractivity contribution in [3.8, 4) is 17.1 Å². The van der Waals surface area contributed by atoms with E-state index in [4.69, 9.17) is 16.3 Å². The Morgan fingerprint density at radius 1 is 1.15 bits per heavy atom. The summed E-state index contributed by atoms with van der Waals surface area (Å²) in [4.78, 5) is 4.59. The first-order valence-electron chi connectivity index (χ1n) is 6.44. The molecular formula is C15H14ClN3O. The van der Waals surface area contributed by atoms with E-state index in [1.54, 1.807) is 10.6 Å². The number of aromatic nitrogens is 3. The quantitative estimate of drug-likeness (QED) is 0.736. The Kier molecular flexibility index (Phi) is 3.32. The van der Waals surface area contributed by atoms with Crippen LogP contribution >= 0.6 is 11.6 Å². The fourth-order valence-corrected chi connectivity index (χ4v) is 2.20. The summed E-state index contributed by atoms with van der Waals surface area (Å²) in [5, 5.41) is 4.66. The number of hydrogen-bond acceptors (Lipinski definition) is 3. The van der Waals surface area contributed by atoms with E-state index >= 15 is 0 Å². The number of hydrogen-bond donors (Lipinski definition) is 0. The zero-order chi connectivity index (χ0) is 14.1. The molecule has 2 aromatic heterocycles. The Morgan fingerprint density at radius 2 is 1.90 bits per heavy atom. The normalized spacial score (nSPS) is 10.9. The van der Waals surface area contributed by atoms with Crippen molar-refractivity contribution < 1.29 is 4.74 Å². The molecule has 0 atom stereocenters. The lowest BCUT2D eigenvalue weighted by Crippen LogP contribution is -2.00. The minimum atomic E-state index is 0.409. The van der Waals surface area contributed by atoms with Gasteiger partial charge >= 0.3 is 0 Å². The first-order valence-corrected chi connectivity index (χ1v) is 6.82. The second-order valence-corrected chi connectivity index (χ2v) is 4.88. The van der Waals surface area contributed by atoms with Gasteiger partial charge in [-0.15, -0.1) is 0 Å². The van der Waals surface area contributed by atoms with Gasteiger partial charge in [-0.2, -0.15) is 9.61 Å². The molecule has 0 fully saturated rings. The van der Waals surface area contributed by atoms with Gasteiger partial charge in [0.05, 0.1) is 6.61 Å². The van der Waals surface area contributed by atoms with Crippen LogP contribution in [-0.2, 0) is 0 Å². The number of nitrogens with zero attached hydrogens (tertiary/aromatic N) is 3. The second kappa shape index (κ2) is 5.13. The molecule has 0 saturated carbocycles. The molecule has 2 heterocycles. The Hall–Kier alpha value is -2.07. The van der Waals surface area contributed by atoms with Crippen molar-refractivity contribution in [3.63, 3.8) is 0 Å². The monoisotopic (exact) mass is 287 g/mol. The van der Waals surface area contributed by atoms with E-state index in [0.717, 1.165) is 11.3 Å². The largest absolute Gasteiger partial charge is 0.476 e. The van der Waals surface area contributed by atoms with Gasteiger partial charge < -0.3 is 4.74 Å². The standard InChI is InChI=1S/C15H14ClN3O/c1-3-20-15-14(11-6-4-10(2)5-7-11)17-13-9-8-12(16)18-19(13)15/h4-9H,3H2,1-2H3. The number of imidazole rings is 1. The first-order chi connectivity index (χ1) is 9.69. The highest BCUT2D eigenvalue weighted by Crippen LogP contribution is 2.30. The van der Waals surface area contributed by atoms with Crippen molar-refractivity contribution >= 4 is 17.2 Å². The maximum atomic E-state index is 5.95. The minimum absolute atomic E-state index is 0.409. The van der Waals surface area contributed by atoms with Crippen LogP contribution in [0.15, 0.2) is 36.4 Å². The third-order valence-electron chi connectivity index (χ3n) is 3.01. The molecule has 4 nitrogen and oxygen atoms in total. The maximum Gasteiger partial charge on any atom is 0.243 e. The van der Waals surface area contributed by atoms with Gasteiger partial charge in [-0.3, -0.25) is 0 Å². The molecule has 0 aliphatic carbocycles. The van der Waals surface area contributed by atoms with Crippen molar-refractivity contribution in [2.75, 3.05) is 6.61 Å². The van der Waals surface area contributed by atoms with E-state index in [0.29, 0.717) is 23.3 Å². The smallest absolute Gasteiger partial charge is 0.243 e. The third kappa shape index (κ3) is 2.23. The molecule has 0 aliphatic heterocycles. The average Bonchev–Trinajstić information content (AvgIpc) is 2.79. The molecule has 20 heavy (non-hydrogen) atoms. The highest BCUT2D eigenvalue weighted by molar-refractivity contribution is 6.29. The van der Waals surface area contributed by atoms with Crippen LogP contribution in [0, 0.1) is 6.92 Å². The van der Waals surface area contributed by atoms with Crippen LogP contribution in [0.5, 0.6) is 5.88 Å². The van der Waals surface area contributed by atoms with E-state index in [9.17, 15) is 0 Å². The van der Waals surface area contributed by atoms with E-state index in [1.165, 1.54) is 5.56 Å². The van der Waals surface area contributed by atoms with E-state index in [1.807, 2.05) is 25.1 Å². The number of halogens is 1. The number of benzene rings is 1. The first kappa shape index (κ1) is 12.9. The number of rotatable bonds is 3. The van der Waals surface area contributed by atoms with Gasteiger partial charge in [0.25, 0.3) is 0 Å². The van der Waals surface area contributed by atoms with Crippen molar-refractivity contribution in [2.24, 2.45) is 0 Å². The molecule has 0 aliphatic rings. The summed E-state index contributed by atoms with van der Waals surface area (Å²) in [5.41, 5.74) is 3.70. The van der Waals surface area contributed by atoms with E-state index < -0.39 is 0 Å². The maximum absolute atomic E-state index is 5.95. The second-order valence-electron chi connectivity index (χ2n) is 4.49. The lowest BCUT2D eigenvalue weighted by atomic mass is 10.1. The van der Waals surface area contributed by atoms with Crippen LogP contribution in [-0.4, -0.2) is 21.2 Å². The van der Waals surface area contributed by atoms with Gasteiger partial charge in [-0.1, -0.05) is 41.4 Å². The predicted octanol–water partition coefficient (Wildman–Crippen LogP) is 3.76. The molecule has 1 aromatic carbocycles. The molecule has 5 heteroatoms. The highest BCUT2D eigenvalue weighted by atomic mass is 35.5. The number of aryl methyl sites for hydroxylation is 1. The molecular weight excluding hydrogens is 274 g/mol. The summed E-state index contributed by atoms with van der Waals surface area (Å²) >= 11 is 5.95. The molecule has 0 amide bonds. The zero-order valence-electron chi connectivity index (χ0n) is 11.3. The molecule has 0 unspecified atom stereocenters. The summed E-state index contributed by atoms with van der Waals surface area (Å²) in [7, 11) is 0. The van der Waals surface area contributed by atoms with Crippen LogP contribution in [0.2, 0.25) is 5.15 Å². The van der Waals surface area contributed by atoms with E-state index in [2.05, 4.69) is 29.1 Å². The zero-order valence-corrected chi connectivity index (χ0v) is 12.1. The van der Waals surface area contributed by atoms with Crippen molar-refractivity contribution in [2.45, 2.75) is 13.8 Å². The fourth-order valence-electron chi connectivity index (χ4n) is 2.06. The van der Waals surface area contributed by atoms with E-state index in [-0.39, 0.29) is 0 Å². The van der Waals surface area contributed by atoms with Crippen molar-refractivity contribution in [3.05, 3.63) is 47.1 Å². The van der Waals surface area contributed by atoms with Gasteiger partial charge in [0.1, 0.15) is 10.8 Å². The Morgan fingerprint density at radius 3 is 2.60 bits per heavy atom. The van der Waals surface area contributed by atoms with Crippen LogP contribution in [0.25, 0.3) is 16.9 Å². The Labute approximate surface area is 122 Å². The molecule has 102 valence electrons. The molecule has 0 spiro atoms. The number of fused-ring (bicyclic) bond motifs is 1. The van der Waals surface area contributed by atoms with Gasteiger partial charge in [0.15, 0.2) is 5.65 Å². The van der Waals surface area contributed by atoms with Crippen molar-refractivity contribution in [1.29, 1.82) is 0 Å².